The molecule has 0 radical (unpaired) electrons. The monoisotopic (exact) mass is 282 g/mol. The average molecular weight is 282 g/mol. The number of ether oxygens (including phenoxy) is 1. The number of phenols is 2. The number of amides is 2. The Morgan fingerprint density at radius 1 is 1.10 bits per heavy atom. The second kappa shape index (κ2) is 8.00. The van der Waals surface area contributed by atoms with E-state index >= 15 is 0 Å². The van der Waals surface area contributed by atoms with Gasteiger partial charge in [-0.3, -0.25) is 9.59 Å². The van der Waals surface area contributed by atoms with Crippen LogP contribution in [0, 0.1) is 0 Å². The third-order valence-electron chi connectivity index (χ3n) is 2.43. The highest BCUT2D eigenvalue weighted by molar-refractivity contribution is 5.95. The Morgan fingerprint density at radius 3 is 2.35 bits per heavy atom. The van der Waals surface area contributed by atoms with Gasteiger partial charge in [-0.2, -0.15) is 0 Å². The first-order valence-electron chi connectivity index (χ1n) is 6.10. The number of benzene rings is 1. The molecule has 1 aromatic carbocycles. The van der Waals surface area contributed by atoms with Gasteiger partial charge in [0.2, 0.25) is 5.91 Å². The molecule has 7 nitrogen and oxygen atoms in total. The highest BCUT2D eigenvalue weighted by Crippen LogP contribution is 2.20. The lowest BCUT2D eigenvalue weighted by Crippen LogP contribution is -2.32. The molecule has 0 aromatic heterocycles. The first kappa shape index (κ1) is 15.8. The van der Waals surface area contributed by atoms with Crippen LogP contribution in [0.2, 0.25) is 0 Å². The van der Waals surface area contributed by atoms with Gasteiger partial charge in [0.15, 0.2) is 0 Å². The molecule has 0 heterocycles. The molecule has 20 heavy (non-hydrogen) atoms. The topological polar surface area (TPSA) is 108 Å². The van der Waals surface area contributed by atoms with Crippen LogP contribution < -0.4 is 10.6 Å². The van der Waals surface area contributed by atoms with E-state index in [0.29, 0.717) is 13.2 Å². The summed E-state index contributed by atoms with van der Waals surface area (Å²) in [6.07, 6.45) is 0.139. The minimum Gasteiger partial charge on any atom is -0.508 e. The van der Waals surface area contributed by atoms with Crippen molar-refractivity contribution < 1.29 is 24.5 Å². The van der Waals surface area contributed by atoms with E-state index in [4.69, 9.17) is 4.74 Å². The summed E-state index contributed by atoms with van der Waals surface area (Å²) in [7, 11) is 1.54. The van der Waals surface area contributed by atoms with Crippen LogP contribution in [0.15, 0.2) is 18.2 Å². The molecule has 4 N–H and O–H groups in total. The fraction of sp³-hybridized carbons (Fsp3) is 0.385. The van der Waals surface area contributed by atoms with Crippen LogP contribution >= 0.6 is 0 Å². The zero-order valence-electron chi connectivity index (χ0n) is 11.2. The molecular weight excluding hydrogens is 264 g/mol. The van der Waals surface area contributed by atoms with Crippen molar-refractivity contribution >= 4 is 11.8 Å². The summed E-state index contributed by atoms with van der Waals surface area (Å²) in [6, 6.07) is 3.58. The summed E-state index contributed by atoms with van der Waals surface area (Å²) < 4.78 is 4.78. The van der Waals surface area contributed by atoms with E-state index in [1.807, 2.05) is 0 Å². The quantitative estimate of drug-likeness (QED) is 0.526. The van der Waals surface area contributed by atoms with Gasteiger partial charge in [-0.05, 0) is 12.1 Å². The highest BCUT2D eigenvalue weighted by Gasteiger charge is 2.09. The predicted molar refractivity (Wildman–Crippen MR) is 71.6 cm³/mol. The molecule has 0 unspecified atom stereocenters. The molecule has 2 amide bonds. The Morgan fingerprint density at radius 2 is 1.75 bits per heavy atom. The number of methoxy groups -OCH3 is 1. The Hall–Kier alpha value is -2.28. The van der Waals surface area contributed by atoms with Crippen molar-refractivity contribution in [2.24, 2.45) is 0 Å². The lowest BCUT2D eigenvalue weighted by atomic mass is 10.2. The highest BCUT2D eigenvalue weighted by atomic mass is 16.5. The summed E-state index contributed by atoms with van der Waals surface area (Å²) in [4.78, 5) is 23.1. The number of carbonyl (C=O) groups is 2. The average Bonchev–Trinajstić information content (AvgIpc) is 2.37. The predicted octanol–water partition coefficient (Wildman–Crippen LogP) is -0.0197. The zero-order valence-corrected chi connectivity index (χ0v) is 11.2. The van der Waals surface area contributed by atoms with E-state index in [1.54, 1.807) is 0 Å². The van der Waals surface area contributed by atoms with Crippen LogP contribution in [-0.4, -0.2) is 48.8 Å². The fourth-order valence-corrected chi connectivity index (χ4v) is 1.50. The number of hydrogen-bond acceptors (Lipinski definition) is 5. The molecule has 0 saturated carbocycles. The van der Waals surface area contributed by atoms with Gasteiger partial charge in [-0.25, -0.2) is 0 Å². The summed E-state index contributed by atoms with van der Waals surface area (Å²) in [5.41, 5.74) is 0.127. The molecule has 0 aliphatic carbocycles. The number of carbonyl (C=O) groups excluding carboxylic acids is 2. The van der Waals surface area contributed by atoms with E-state index < -0.39 is 5.91 Å². The Kier molecular flexibility index (Phi) is 6.31. The first-order valence-corrected chi connectivity index (χ1v) is 6.10. The molecule has 7 heteroatoms. The normalized spacial score (nSPS) is 10.1. The van der Waals surface area contributed by atoms with Gasteiger partial charge in [0, 0.05) is 38.2 Å². The minimum absolute atomic E-state index is 0.127. The zero-order chi connectivity index (χ0) is 15.0. The smallest absolute Gasteiger partial charge is 0.251 e. The van der Waals surface area contributed by atoms with E-state index in [1.165, 1.54) is 19.2 Å². The van der Waals surface area contributed by atoms with E-state index in [-0.39, 0.29) is 35.9 Å². The van der Waals surface area contributed by atoms with Gasteiger partial charge in [0.1, 0.15) is 11.5 Å². The van der Waals surface area contributed by atoms with Crippen molar-refractivity contribution in [2.45, 2.75) is 6.42 Å². The van der Waals surface area contributed by atoms with E-state index in [0.717, 1.165) is 6.07 Å². The molecule has 0 saturated heterocycles. The molecule has 0 aliphatic rings. The Labute approximate surface area is 116 Å². The molecule has 0 bridgehead atoms. The Balaban J connectivity index is 2.34. The molecule has 0 atom stereocenters. The standard InChI is InChI=1S/C13H18N2O5/c1-20-5-4-14-12(18)2-3-15-13(19)9-6-10(16)8-11(17)7-9/h6-8,16-17H,2-5H2,1H3,(H,14,18)(H,15,19). The number of hydrogen-bond donors (Lipinski definition) is 4. The summed E-state index contributed by atoms with van der Waals surface area (Å²) in [6.45, 7) is 1.01. The fourth-order valence-electron chi connectivity index (χ4n) is 1.50. The number of aromatic hydroxyl groups is 2. The second-order valence-corrected chi connectivity index (χ2v) is 4.09. The molecule has 0 fully saturated rings. The van der Waals surface area contributed by atoms with Gasteiger partial charge >= 0.3 is 0 Å². The number of nitrogens with one attached hydrogen (secondary N) is 2. The maximum atomic E-state index is 11.7. The minimum atomic E-state index is -0.471. The first-order chi connectivity index (χ1) is 9.52. The van der Waals surface area contributed by atoms with Gasteiger partial charge < -0.3 is 25.6 Å². The van der Waals surface area contributed by atoms with Gasteiger partial charge in [-0.15, -0.1) is 0 Å². The van der Waals surface area contributed by atoms with Gasteiger partial charge in [0.05, 0.1) is 6.61 Å². The van der Waals surface area contributed by atoms with Crippen LogP contribution in [0.5, 0.6) is 11.5 Å². The van der Waals surface area contributed by atoms with Gasteiger partial charge in [0.25, 0.3) is 5.91 Å². The molecule has 110 valence electrons. The van der Waals surface area contributed by atoms with Crippen LogP contribution in [0.4, 0.5) is 0 Å². The molecule has 1 rings (SSSR count). The van der Waals surface area contributed by atoms with Crippen molar-refractivity contribution in [2.75, 3.05) is 26.8 Å². The second-order valence-electron chi connectivity index (χ2n) is 4.09. The van der Waals surface area contributed by atoms with Crippen LogP contribution in [0.3, 0.4) is 0 Å². The van der Waals surface area contributed by atoms with Crippen LogP contribution in [0.1, 0.15) is 16.8 Å². The van der Waals surface area contributed by atoms with Crippen molar-refractivity contribution in [1.29, 1.82) is 0 Å². The van der Waals surface area contributed by atoms with Gasteiger partial charge in [-0.1, -0.05) is 0 Å². The molecular formula is C13H18N2O5. The summed E-state index contributed by atoms with van der Waals surface area (Å²) in [5.74, 6) is -1.07. The number of rotatable bonds is 7. The van der Waals surface area contributed by atoms with Crippen LogP contribution in [-0.2, 0) is 9.53 Å². The lowest BCUT2D eigenvalue weighted by molar-refractivity contribution is -0.121. The molecule has 0 aliphatic heterocycles. The summed E-state index contributed by atoms with van der Waals surface area (Å²) >= 11 is 0. The van der Waals surface area contributed by atoms with Crippen molar-refractivity contribution in [3.63, 3.8) is 0 Å². The summed E-state index contributed by atoms with van der Waals surface area (Å²) in [5, 5.41) is 23.7. The van der Waals surface area contributed by atoms with E-state index in [2.05, 4.69) is 10.6 Å². The maximum absolute atomic E-state index is 11.7. The SMILES string of the molecule is COCCNC(=O)CCNC(=O)c1cc(O)cc(O)c1. The maximum Gasteiger partial charge on any atom is 0.251 e. The molecule has 1 aromatic rings. The van der Waals surface area contributed by atoms with Crippen LogP contribution in [0.25, 0.3) is 0 Å². The Bertz CT molecular complexity index is 456. The molecule has 0 spiro atoms. The van der Waals surface area contributed by atoms with Crippen molar-refractivity contribution in [3.05, 3.63) is 23.8 Å². The lowest BCUT2D eigenvalue weighted by Gasteiger charge is -2.07. The number of phenolic OH excluding ortho intramolecular Hbond substituents is 2. The third kappa shape index (κ3) is 5.57. The van der Waals surface area contributed by atoms with Crippen molar-refractivity contribution in [1.82, 2.24) is 10.6 Å². The van der Waals surface area contributed by atoms with E-state index in [9.17, 15) is 19.8 Å². The third-order valence-corrected chi connectivity index (χ3v) is 2.43. The largest absolute Gasteiger partial charge is 0.508 e. The van der Waals surface area contributed by atoms with Crippen molar-refractivity contribution in [3.8, 4) is 11.5 Å².